The summed E-state index contributed by atoms with van der Waals surface area (Å²) in [4.78, 5) is 69.9. The number of fused-ring (bicyclic) bond motifs is 6. The Morgan fingerprint density at radius 1 is 0.979 bits per heavy atom. The van der Waals surface area contributed by atoms with Gasteiger partial charge in [-0.05, 0) is 67.1 Å². The summed E-state index contributed by atoms with van der Waals surface area (Å²) in [5.41, 5.74) is 2.78. The summed E-state index contributed by atoms with van der Waals surface area (Å²) < 4.78 is 5.40. The Bertz CT molecular complexity index is 1990. The highest BCUT2D eigenvalue weighted by Crippen LogP contribution is 2.60. The molecule has 7 rings (SSSR count). The lowest BCUT2D eigenvalue weighted by molar-refractivity contribution is -0.384. The van der Waals surface area contributed by atoms with Gasteiger partial charge in [-0.1, -0.05) is 61.7 Å². The van der Waals surface area contributed by atoms with Gasteiger partial charge in [0.2, 0.25) is 11.8 Å². The Morgan fingerprint density at radius 2 is 1.60 bits per heavy atom. The van der Waals surface area contributed by atoms with Gasteiger partial charge in [-0.3, -0.25) is 29.4 Å². The molecule has 2 aliphatic carbocycles. The molecule has 47 heavy (non-hydrogen) atoms. The van der Waals surface area contributed by atoms with Crippen LogP contribution in [0.5, 0.6) is 0 Å². The lowest BCUT2D eigenvalue weighted by atomic mass is 9.81. The van der Waals surface area contributed by atoms with E-state index in [1.165, 1.54) is 29.2 Å². The Balaban J connectivity index is 1.16. The molecule has 2 heterocycles. The van der Waals surface area contributed by atoms with Gasteiger partial charge in [0.1, 0.15) is 0 Å². The first-order valence-electron chi connectivity index (χ1n) is 14.8. The number of pyridine rings is 1. The van der Waals surface area contributed by atoms with Gasteiger partial charge in [0.05, 0.1) is 39.2 Å². The van der Waals surface area contributed by atoms with Crippen LogP contribution in [-0.4, -0.2) is 49.7 Å². The van der Waals surface area contributed by atoms with E-state index >= 15 is 0 Å². The summed E-state index contributed by atoms with van der Waals surface area (Å²) in [5, 5.41) is 11.9. The fourth-order valence-corrected chi connectivity index (χ4v) is 9.19. The molecule has 238 valence electrons. The number of ketones is 1. The lowest BCUT2D eigenvalue weighted by Gasteiger charge is -2.28. The number of carbonyl (C=O) groups excluding carboxylic acids is 4. The number of hydrogen-bond acceptors (Lipinski definition) is 8. The number of imide groups is 1. The van der Waals surface area contributed by atoms with Crippen LogP contribution >= 0.6 is 43.5 Å². The van der Waals surface area contributed by atoms with Crippen molar-refractivity contribution in [3.05, 3.63) is 98.6 Å². The quantitative estimate of drug-likeness (QED) is 0.0484. The van der Waals surface area contributed by atoms with Crippen LogP contribution in [0, 0.1) is 40.7 Å². The number of alkyl halides is 2. The molecule has 0 spiro atoms. The van der Waals surface area contributed by atoms with Crippen molar-refractivity contribution in [2.45, 2.75) is 23.0 Å². The number of aryl methyl sites for hydroxylation is 1. The van der Waals surface area contributed by atoms with E-state index in [2.05, 4.69) is 31.9 Å². The fraction of sp³-hybridized carbons (Fsp3) is 0.265. The number of rotatable bonds is 7. The number of non-ortho nitro benzene ring substituents is 1. The topological polar surface area (TPSA) is 137 Å². The van der Waals surface area contributed by atoms with Crippen molar-refractivity contribution in [2.75, 3.05) is 11.5 Å². The van der Waals surface area contributed by atoms with Crippen LogP contribution in [0.2, 0.25) is 5.02 Å². The predicted octanol–water partition coefficient (Wildman–Crippen LogP) is 7.09. The van der Waals surface area contributed by atoms with Gasteiger partial charge < -0.3 is 4.74 Å². The van der Waals surface area contributed by atoms with Crippen LogP contribution in [0.25, 0.3) is 22.2 Å². The van der Waals surface area contributed by atoms with Crippen molar-refractivity contribution < 1.29 is 28.8 Å². The largest absolute Gasteiger partial charge is 0.454 e. The second-order valence-electron chi connectivity index (χ2n) is 12.0. The highest BCUT2D eigenvalue weighted by atomic mass is 79.9. The highest BCUT2D eigenvalue weighted by Gasteiger charge is 2.66. The van der Waals surface area contributed by atoms with Gasteiger partial charge in [-0.2, -0.15) is 0 Å². The molecule has 1 aliphatic heterocycles. The number of esters is 1. The first-order chi connectivity index (χ1) is 22.5. The molecule has 6 atom stereocenters. The monoisotopic (exact) mass is 779 g/mol. The molecule has 10 nitrogen and oxygen atoms in total. The summed E-state index contributed by atoms with van der Waals surface area (Å²) in [6.45, 7) is 1.20. The molecule has 0 N–H and O–H groups in total. The summed E-state index contributed by atoms with van der Waals surface area (Å²) in [6.07, 6.45) is 0.846. The number of carbonyl (C=O) groups is 4. The first kappa shape index (κ1) is 31.6. The lowest BCUT2D eigenvalue weighted by Crippen LogP contribution is -2.37. The molecule has 13 heteroatoms. The molecular weight excluding hydrogens is 758 g/mol. The van der Waals surface area contributed by atoms with Gasteiger partial charge in [0.15, 0.2) is 12.4 Å². The summed E-state index contributed by atoms with van der Waals surface area (Å²) >= 11 is 13.8. The minimum absolute atomic E-state index is 0.106. The second-order valence-corrected chi connectivity index (χ2v) is 14.5. The number of hydrogen-bond donors (Lipinski definition) is 0. The normalized spacial score (nSPS) is 24.6. The van der Waals surface area contributed by atoms with Crippen LogP contribution in [0.4, 0.5) is 11.4 Å². The van der Waals surface area contributed by atoms with E-state index in [4.69, 9.17) is 21.3 Å². The van der Waals surface area contributed by atoms with E-state index in [-0.39, 0.29) is 62.0 Å². The third-order valence-electron chi connectivity index (χ3n) is 9.53. The number of Topliss-reactive ketones (excluding diaryl/α,β-unsaturated/α-hetero) is 1. The van der Waals surface area contributed by atoms with Crippen molar-refractivity contribution in [2.24, 2.45) is 23.7 Å². The number of aromatic nitrogens is 1. The molecule has 3 aliphatic rings. The SMILES string of the molecule is Cc1c(Cl)ccc2c(C(=O)OCC(=O)c3ccc([N+](=O)[O-])cc3)cc(-c3ccc(N4C(=O)C5C6CC(C(Br)C6Br)C5C4=O)cc3)nc12. The highest BCUT2D eigenvalue weighted by molar-refractivity contribution is 9.12. The molecule has 2 saturated carbocycles. The molecule has 0 radical (unpaired) electrons. The number of benzene rings is 3. The van der Waals surface area contributed by atoms with E-state index in [1.807, 2.05) is 0 Å². The van der Waals surface area contributed by atoms with E-state index < -0.39 is 23.3 Å². The van der Waals surface area contributed by atoms with Crippen LogP contribution in [0.1, 0.15) is 32.7 Å². The number of amides is 2. The zero-order chi connectivity index (χ0) is 33.3. The van der Waals surface area contributed by atoms with Gasteiger partial charge in [0.25, 0.3) is 5.69 Å². The van der Waals surface area contributed by atoms with Gasteiger partial charge in [0, 0.05) is 43.3 Å². The van der Waals surface area contributed by atoms with Crippen molar-refractivity contribution in [1.82, 2.24) is 4.98 Å². The minimum atomic E-state index is -0.767. The first-order valence-corrected chi connectivity index (χ1v) is 17.0. The summed E-state index contributed by atoms with van der Waals surface area (Å²) in [6, 6.07) is 16.8. The van der Waals surface area contributed by atoms with Gasteiger partial charge in [-0.25, -0.2) is 9.78 Å². The smallest absolute Gasteiger partial charge is 0.339 e. The number of nitro benzene ring substituents is 1. The predicted molar refractivity (Wildman–Crippen MR) is 181 cm³/mol. The average Bonchev–Trinajstić information content (AvgIpc) is 3.69. The molecule has 3 aromatic carbocycles. The van der Waals surface area contributed by atoms with Crippen molar-refractivity contribution >= 4 is 89.3 Å². The average molecular weight is 782 g/mol. The maximum absolute atomic E-state index is 13.5. The third-order valence-corrected chi connectivity index (χ3v) is 13.1. The van der Waals surface area contributed by atoms with Crippen LogP contribution < -0.4 is 4.90 Å². The number of nitrogens with zero attached hydrogens (tertiary/aromatic N) is 3. The van der Waals surface area contributed by atoms with Crippen LogP contribution in [0.3, 0.4) is 0 Å². The summed E-state index contributed by atoms with van der Waals surface area (Å²) in [5.74, 6) is -2.09. The van der Waals surface area contributed by atoms with Gasteiger partial charge in [-0.15, -0.1) is 0 Å². The zero-order valence-electron chi connectivity index (χ0n) is 24.6. The van der Waals surface area contributed by atoms with E-state index in [0.29, 0.717) is 38.4 Å². The van der Waals surface area contributed by atoms with E-state index in [0.717, 1.165) is 6.42 Å². The fourth-order valence-electron chi connectivity index (χ4n) is 7.17. The minimum Gasteiger partial charge on any atom is -0.454 e. The molecule has 3 fully saturated rings. The molecular formula is C34H24Br2ClN3O7. The maximum atomic E-state index is 13.5. The summed E-state index contributed by atoms with van der Waals surface area (Å²) in [7, 11) is 0. The van der Waals surface area contributed by atoms with Gasteiger partial charge >= 0.3 is 5.97 Å². The third kappa shape index (κ3) is 5.17. The zero-order valence-corrected chi connectivity index (χ0v) is 28.5. The molecule has 2 bridgehead atoms. The Hall–Kier alpha value is -4.00. The number of anilines is 1. The molecule has 1 saturated heterocycles. The van der Waals surface area contributed by atoms with Crippen molar-refractivity contribution in [3.8, 4) is 11.3 Å². The van der Waals surface area contributed by atoms with Crippen molar-refractivity contribution in [3.63, 3.8) is 0 Å². The second kappa shape index (κ2) is 11.9. The molecule has 6 unspecified atom stereocenters. The molecule has 2 amide bonds. The van der Waals surface area contributed by atoms with Crippen LogP contribution in [0.15, 0.2) is 66.7 Å². The van der Waals surface area contributed by atoms with Crippen molar-refractivity contribution in [1.29, 1.82) is 0 Å². The standard InChI is InChI=1S/C34H24Br2ClN3O7/c1-15-24(37)11-10-20-21(34(44)47-14-26(41)17-4-8-19(9-5-17)40(45)46)13-25(38-31(15)20)16-2-6-18(7-3-16)39-32(42)27-22-12-23(28(27)33(39)43)30(36)29(22)35/h2-11,13,22-23,27-30H,12,14H2,1H3. The number of ether oxygens (including phenoxy) is 1. The number of halogens is 3. The molecule has 4 aromatic rings. The maximum Gasteiger partial charge on any atom is 0.339 e. The van der Waals surface area contributed by atoms with Crippen LogP contribution in [-0.2, 0) is 14.3 Å². The number of nitro groups is 1. The van der Waals surface area contributed by atoms with E-state index in [1.54, 1.807) is 49.4 Å². The Morgan fingerprint density at radius 3 is 2.19 bits per heavy atom. The van der Waals surface area contributed by atoms with E-state index in [9.17, 15) is 29.3 Å². The Kier molecular flexibility index (Phi) is 8.00. The Labute approximate surface area is 289 Å². The molecule has 1 aromatic heterocycles.